The van der Waals surface area contributed by atoms with Crippen LogP contribution >= 0.6 is 0 Å². The van der Waals surface area contributed by atoms with Crippen LogP contribution in [0.5, 0.6) is 11.5 Å². The van der Waals surface area contributed by atoms with E-state index in [1.54, 1.807) is 0 Å². The summed E-state index contributed by atoms with van der Waals surface area (Å²) in [4.78, 5) is 22.7. The third-order valence-electron chi connectivity index (χ3n) is 4.03. The van der Waals surface area contributed by atoms with Gasteiger partial charge in [-0.1, -0.05) is 6.07 Å². The molecule has 0 bridgehead atoms. The quantitative estimate of drug-likeness (QED) is 0.781. The fourth-order valence-corrected chi connectivity index (χ4v) is 2.80. The zero-order chi connectivity index (χ0) is 18.5. The first kappa shape index (κ1) is 17.8. The van der Waals surface area contributed by atoms with Crippen molar-refractivity contribution in [2.75, 3.05) is 23.8 Å². The topological polar surface area (TPSA) is 76.7 Å². The van der Waals surface area contributed by atoms with Crippen LogP contribution in [0.4, 0.5) is 11.4 Å². The van der Waals surface area contributed by atoms with Gasteiger partial charge in [-0.05, 0) is 54.8 Å². The zero-order valence-corrected chi connectivity index (χ0v) is 14.9. The first-order valence-corrected chi connectivity index (χ1v) is 8.58. The van der Waals surface area contributed by atoms with E-state index in [2.05, 4.69) is 10.6 Å². The molecular weight excluding hydrogens is 332 g/mol. The summed E-state index contributed by atoms with van der Waals surface area (Å²) >= 11 is 0. The molecule has 0 radical (unpaired) electrons. The van der Waals surface area contributed by atoms with E-state index in [-0.39, 0.29) is 11.8 Å². The third kappa shape index (κ3) is 4.53. The van der Waals surface area contributed by atoms with E-state index in [1.807, 2.05) is 43.3 Å². The number of fused-ring (bicyclic) bond motifs is 1. The molecule has 2 aromatic rings. The summed E-state index contributed by atoms with van der Waals surface area (Å²) in [5.74, 6) is 1.27. The molecule has 136 valence electrons. The summed E-state index contributed by atoms with van der Waals surface area (Å²) in [6, 6.07) is 11.3. The number of amides is 2. The van der Waals surface area contributed by atoms with Gasteiger partial charge in [0, 0.05) is 19.0 Å². The van der Waals surface area contributed by atoms with Crippen molar-refractivity contribution in [3.8, 4) is 11.5 Å². The smallest absolute Gasteiger partial charge is 0.224 e. The number of carbonyl (C=O) groups excluding carboxylic acids is 2. The Morgan fingerprint density at radius 2 is 1.92 bits per heavy atom. The Balaban J connectivity index is 1.55. The van der Waals surface area contributed by atoms with Crippen molar-refractivity contribution in [2.24, 2.45) is 0 Å². The molecule has 26 heavy (non-hydrogen) atoms. The SMILES string of the molecule is CC(=O)Nc1ccc(C)cc1OCCOc1ccc2c(c1)CCC(=O)N2. The Hall–Kier alpha value is -3.02. The molecule has 0 fully saturated rings. The van der Waals surface area contributed by atoms with Gasteiger partial charge in [-0.3, -0.25) is 9.59 Å². The standard InChI is InChI=1S/C20H22N2O4/c1-13-3-6-18(21-14(2)23)19(11-13)26-10-9-25-16-5-7-17-15(12-16)4-8-20(24)22-17/h3,5-7,11-12H,4,8-10H2,1-2H3,(H,21,23)(H,22,24). The number of nitrogens with one attached hydrogen (secondary N) is 2. The number of hydrogen-bond acceptors (Lipinski definition) is 4. The Kier molecular flexibility index (Phi) is 5.41. The number of hydrogen-bond donors (Lipinski definition) is 2. The summed E-state index contributed by atoms with van der Waals surface area (Å²) in [6.07, 6.45) is 1.22. The maximum absolute atomic E-state index is 11.4. The maximum Gasteiger partial charge on any atom is 0.224 e. The monoisotopic (exact) mass is 354 g/mol. The minimum Gasteiger partial charge on any atom is -0.490 e. The predicted molar refractivity (Wildman–Crippen MR) is 99.9 cm³/mol. The van der Waals surface area contributed by atoms with Crippen LogP contribution in [0.2, 0.25) is 0 Å². The summed E-state index contributed by atoms with van der Waals surface area (Å²) in [5.41, 5.74) is 3.62. The summed E-state index contributed by atoms with van der Waals surface area (Å²) in [6.45, 7) is 4.15. The molecule has 3 rings (SSSR count). The lowest BCUT2D eigenvalue weighted by molar-refractivity contribution is -0.116. The van der Waals surface area contributed by atoms with Gasteiger partial charge in [0.25, 0.3) is 0 Å². The van der Waals surface area contributed by atoms with Crippen molar-refractivity contribution >= 4 is 23.2 Å². The highest BCUT2D eigenvalue weighted by Crippen LogP contribution is 2.27. The molecule has 1 aliphatic rings. The Bertz CT molecular complexity index is 833. The van der Waals surface area contributed by atoms with Crippen LogP contribution in [0.15, 0.2) is 36.4 Å². The average Bonchev–Trinajstić information content (AvgIpc) is 2.60. The van der Waals surface area contributed by atoms with Crippen molar-refractivity contribution < 1.29 is 19.1 Å². The lowest BCUT2D eigenvalue weighted by Gasteiger charge is -2.18. The number of benzene rings is 2. The second-order valence-electron chi connectivity index (χ2n) is 6.24. The fourth-order valence-electron chi connectivity index (χ4n) is 2.80. The number of ether oxygens (including phenoxy) is 2. The van der Waals surface area contributed by atoms with Crippen molar-refractivity contribution in [1.29, 1.82) is 0 Å². The lowest BCUT2D eigenvalue weighted by Crippen LogP contribution is -2.19. The van der Waals surface area contributed by atoms with Gasteiger partial charge >= 0.3 is 0 Å². The molecule has 1 heterocycles. The van der Waals surface area contributed by atoms with Crippen LogP contribution in [0.3, 0.4) is 0 Å². The molecule has 0 unspecified atom stereocenters. The minimum atomic E-state index is -0.142. The van der Waals surface area contributed by atoms with E-state index in [0.29, 0.717) is 31.1 Å². The summed E-state index contributed by atoms with van der Waals surface area (Å²) in [5, 5.41) is 5.61. The van der Waals surface area contributed by atoms with E-state index >= 15 is 0 Å². The third-order valence-corrected chi connectivity index (χ3v) is 4.03. The largest absolute Gasteiger partial charge is 0.490 e. The van der Waals surface area contributed by atoms with Crippen LogP contribution in [0.1, 0.15) is 24.5 Å². The van der Waals surface area contributed by atoms with Gasteiger partial charge in [0.1, 0.15) is 24.7 Å². The van der Waals surface area contributed by atoms with E-state index in [1.165, 1.54) is 6.92 Å². The van der Waals surface area contributed by atoms with Crippen molar-refractivity contribution in [3.05, 3.63) is 47.5 Å². The van der Waals surface area contributed by atoms with Gasteiger partial charge in [-0.15, -0.1) is 0 Å². The molecule has 0 atom stereocenters. The zero-order valence-electron chi connectivity index (χ0n) is 14.9. The van der Waals surface area contributed by atoms with Crippen LogP contribution in [0.25, 0.3) is 0 Å². The summed E-state index contributed by atoms with van der Waals surface area (Å²) < 4.78 is 11.5. The molecular formula is C20H22N2O4. The molecule has 2 N–H and O–H groups in total. The van der Waals surface area contributed by atoms with E-state index in [0.717, 1.165) is 29.0 Å². The summed E-state index contributed by atoms with van der Waals surface area (Å²) in [7, 11) is 0. The first-order chi connectivity index (χ1) is 12.5. The molecule has 0 spiro atoms. The van der Waals surface area contributed by atoms with Crippen LogP contribution in [-0.4, -0.2) is 25.0 Å². The molecule has 0 aromatic heterocycles. The average molecular weight is 354 g/mol. The molecule has 6 heteroatoms. The maximum atomic E-state index is 11.4. The number of anilines is 2. The Labute approximate surface area is 152 Å². The van der Waals surface area contributed by atoms with E-state index < -0.39 is 0 Å². The van der Waals surface area contributed by atoms with Crippen molar-refractivity contribution in [2.45, 2.75) is 26.7 Å². The fraction of sp³-hybridized carbons (Fsp3) is 0.300. The molecule has 1 aliphatic heterocycles. The molecule has 0 saturated carbocycles. The lowest BCUT2D eigenvalue weighted by atomic mass is 10.0. The first-order valence-electron chi connectivity index (χ1n) is 8.58. The van der Waals surface area contributed by atoms with Crippen LogP contribution < -0.4 is 20.1 Å². The number of carbonyl (C=O) groups is 2. The Morgan fingerprint density at radius 1 is 1.12 bits per heavy atom. The normalized spacial score (nSPS) is 12.8. The Morgan fingerprint density at radius 3 is 2.73 bits per heavy atom. The molecule has 2 aromatic carbocycles. The minimum absolute atomic E-state index is 0.0488. The highest BCUT2D eigenvalue weighted by Gasteiger charge is 2.15. The number of aryl methyl sites for hydroxylation is 2. The second-order valence-corrected chi connectivity index (χ2v) is 6.24. The molecule has 2 amide bonds. The highest BCUT2D eigenvalue weighted by molar-refractivity contribution is 5.94. The number of rotatable bonds is 6. The van der Waals surface area contributed by atoms with Gasteiger partial charge < -0.3 is 20.1 Å². The van der Waals surface area contributed by atoms with Gasteiger partial charge in [-0.2, -0.15) is 0 Å². The van der Waals surface area contributed by atoms with Crippen LogP contribution in [0, 0.1) is 6.92 Å². The van der Waals surface area contributed by atoms with Gasteiger partial charge in [0.2, 0.25) is 11.8 Å². The molecule has 0 aliphatic carbocycles. The second kappa shape index (κ2) is 7.91. The van der Waals surface area contributed by atoms with E-state index in [4.69, 9.17) is 9.47 Å². The van der Waals surface area contributed by atoms with Crippen LogP contribution in [-0.2, 0) is 16.0 Å². The van der Waals surface area contributed by atoms with Gasteiger partial charge in [0.05, 0.1) is 5.69 Å². The molecule has 6 nitrogen and oxygen atoms in total. The van der Waals surface area contributed by atoms with Crippen molar-refractivity contribution in [1.82, 2.24) is 0 Å². The van der Waals surface area contributed by atoms with E-state index in [9.17, 15) is 9.59 Å². The van der Waals surface area contributed by atoms with Gasteiger partial charge in [0.15, 0.2) is 0 Å². The van der Waals surface area contributed by atoms with Crippen molar-refractivity contribution in [3.63, 3.8) is 0 Å². The highest BCUT2D eigenvalue weighted by atomic mass is 16.5. The predicted octanol–water partition coefficient (Wildman–Crippen LogP) is 3.30. The van der Waals surface area contributed by atoms with Gasteiger partial charge in [-0.25, -0.2) is 0 Å². The molecule has 0 saturated heterocycles.